The van der Waals surface area contributed by atoms with Crippen molar-refractivity contribution in [2.24, 2.45) is 0 Å². The molecule has 0 saturated heterocycles. The Morgan fingerprint density at radius 2 is 2.33 bits per heavy atom. The largest absolute Gasteiger partial charge is 0.481 e. The molecule has 0 bridgehead atoms. The summed E-state index contributed by atoms with van der Waals surface area (Å²) in [5.74, 6) is 0.0497. The molecule has 0 aliphatic heterocycles. The Hall–Kier alpha value is -2.24. The van der Waals surface area contributed by atoms with Crippen molar-refractivity contribution in [2.75, 3.05) is 0 Å². The van der Waals surface area contributed by atoms with Gasteiger partial charge in [0.05, 0.1) is 0 Å². The number of pyridine rings is 1. The summed E-state index contributed by atoms with van der Waals surface area (Å²) in [7, 11) is 0. The highest BCUT2D eigenvalue weighted by Crippen LogP contribution is 2.14. The molecule has 0 spiro atoms. The van der Waals surface area contributed by atoms with E-state index >= 15 is 0 Å². The second-order valence-corrected chi connectivity index (χ2v) is 3.98. The number of hydrogen-bond acceptors (Lipinski definition) is 5. The van der Waals surface area contributed by atoms with E-state index in [9.17, 15) is 4.79 Å². The molecule has 2 rings (SSSR count). The van der Waals surface area contributed by atoms with Gasteiger partial charge in [-0.3, -0.25) is 9.78 Å². The number of aliphatic carboxylic acids is 1. The van der Waals surface area contributed by atoms with Gasteiger partial charge in [0.15, 0.2) is 0 Å². The lowest BCUT2D eigenvalue weighted by Crippen LogP contribution is -1.96. The fourth-order valence-electron chi connectivity index (χ4n) is 1.51. The maximum Gasteiger partial charge on any atom is 0.303 e. The Kier molecular flexibility index (Phi) is 3.66. The SMILES string of the molecule is Cc1ccnc(-c2noc(CCCC(=O)O)n2)c1. The molecule has 2 aromatic heterocycles. The lowest BCUT2D eigenvalue weighted by molar-refractivity contribution is -0.137. The van der Waals surface area contributed by atoms with Gasteiger partial charge in [0.2, 0.25) is 11.7 Å². The quantitative estimate of drug-likeness (QED) is 0.867. The Labute approximate surface area is 104 Å². The van der Waals surface area contributed by atoms with Gasteiger partial charge in [-0.2, -0.15) is 4.98 Å². The molecule has 1 N–H and O–H groups in total. The van der Waals surface area contributed by atoms with Crippen molar-refractivity contribution >= 4 is 5.97 Å². The molecule has 6 heteroatoms. The lowest BCUT2D eigenvalue weighted by atomic mass is 10.2. The van der Waals surface area contributed by atoms with Crippen molar-refractivity contribution in [1.29, 1.82) is 0 Å². The number of aryl methyl sites for hydroxylation is 2. The zero-order valence-electron chi connectivity index (χ0n) is 9.96. The molecule has 0 fully saturated rings. The Morgan fingerprint density at radius 1 is 1.50 bits per heavy atom. The predicted octanol–water partition coefficient (Wildman–Crippen LogP) is 1.85. The van der Waals surface area contributed by atoms with Gasteiger partial charge in [0.1, 0.15) is 5.69 Å². The summed E-state index contributed by atoms with van der Waals surface area (Å²) in [5, 5.41) is 12.4. The van der Waals surface area contributed by atoms with Crippen LogP contribution in [0.3, 0.4) is 0 Å². The second kappa shape index (κ2) is 5.39. The molecular weight excluding hydrogens is 234 g/mol. The van der Waals surface area contributed by atoms with Crippen molar-refractivity contribution in [1.82, 2.24) is 15.1 Å². The average Bonchev–Trinajstić information content (AvgIpc) is 2.77. The molecule has 94 valence electrons. The van der Waals surface area contributed by atoms with Crippen LogP contribution >= 0.6 is 0 Å². The summed E-state index contributed by atoms with van der Waals surface area (Å²) in [6.07, 6.45) is 2.73. The molecule has 2 heterocycles. The summed E-state index contributed by atoms with van der Waals surface area (Å²) in [4.78, 5) is 18.7. The molecule has 6 nitrogen and oxygen atoms in total. The third-order valence-electron chi connectivity index (χ3n) is 2.39. The predicted molar refractivity (Wildman–Crippen MR) is 62.8 cm³/mol. The summed E-state index contributed by atoms with van der Waals surface area (Å²) in [6, 6.07) is 3.75. The maximum absolute atomic E-state index is 10.4. The molecule has 0 aliphatic carbocycles. The summed E-state index contributed by atoms with van der Waals surface area (Å²) >= 11 is 0. The van der Waals surface area contributed by atoms with Crippen molar-refractivity contribution in [3.8, 4) is 11.5 Å². The second-order valence-electron chi connectivity index (χ2n) is 3.98. The third-order valence-corrected chi connectivity index (χ3v) is 2.39. The molecule has 0 unspecified atom stereocenters. The van der Waals surface area contributed by atoms with Gasteiger partial charge in [-0.15, -0.1) is 0 Å². The zero-order valence-corrected chi connectivity index (χ0v) is 9.96. The van der Waals surface area contributed by atoms with Crippen molar-refractivity contribution in [3.05, 3.63) is 29.8 Å². The lowest BCUT2D eigenvalue weighted by Gasteiger charge is -1.94. The van der Waals surface area contributed by atoms with E-state index in [1.807, 2.05) is 19.1 Å². The first kappa shape index (κ1) is 12.2. The van der Waals surface area contributed by atoms with E-state index in [0.717, 1.165) is 5.56 Å². The van der Waals surface area contributed by atoms with Gasteiger partial charge in [0, 0.05) is 19.0 Å². The van der Waals surface area contributed by atoms with Gasteiger partial charge in [0.25, 0.3) is 0 Å². The minimum atomic E-state index is -0.824. The number of hydrogen-bond donors (Lipinski definition) is 1. The molecule has 18 heavy (non-hydrogen) atoms. The average molecular weight is 247 g/mol. The summed E-state index contributed by atoms with van der Waals surface area (Å²) in [6.45, 7) is 1.96. The number of carbonyl (C=O) groups is 1. The maximum atomic E-state index is 10.4. The van der Waals surface area contributed by atoms with E-state index in [0.29, 0.717) is 30.3 Å². The van der Waals surface area contributed by atoms with Crippen LogP contribution in [0.4, 0.5) is 0 Å². The van der Waals surface area contributed by atoms with E-state index in [-0.39, 0.29) is 6.42 Å². The Bertz CT molecular complexity index is 551. The monoisotopic (exact) mass is 247 g/mol. The normalized spacial score (nSPS) is 10.5. The van der Waals surface area contributed by atoms with Crippen molar-refractivity contribution in [2.45, 2.75) is 26.2 Å². The van der Waals surface area contributed by atoms with Gasteiger partial charge in [-0.1, -0.05) is 5.16 Å². The minimum Gasteiger partial charge on any atom is -0.481 e. The molecule has 0 aliphatic rings. The molecule has 0 saturated carbocycles. The first-order chi connectivity index (χ1) is 8.65. The zero-order chi connectivity index (χ0) is 13.0. The van der Waals surface area contributed by atoms with E-state index < -0.39 is 5.97 Å². The first-order valence-corrected chi connectivity index (χ1v) is 5.62. The summed E-state index contributed by atoms with van der Waals surface area (Å²) < 4.78 is 5.05. The molecule has 2 aromatic rings. The third kappa shape index (κ3) is 3.13. The van der Waals surface area contributed by atoms with E-state index in [4.69, 9.17) is 9.63 Å². The van der Waals surface area contributed by atoms with Crippen LogP contribution in [0.25, 0.3) is 11.5 Å². The van der Waals surface area contributed by atoms with E-state index in [2.05, 4.69) is 15.1 Å². The van der Waals surface area contributed by atoms with E-state index in [1.54, 1.807) is 6.20 Å². The molecular formula is C12H13N3O3. The van der Waals surface area contributed by atoms with E-state index in [1.165, 1.54) is 0 Å². The van der Waals surface area contributed by atoms with Crippen molar-refractivity contribution < 1.29 is 14.4 Å². The molecule has 0 aromatic carbocycles. The first-order valence-electron chi connectivity index (χ1n) is 5.62. The molecule has 0 atom stereocenters. The van der Waals surface area contributed by atoms with Crippen LogP contribution in [0.15, 0.2) is 22.9 Å². The van der Waals surface area contributed by atoms with Gasteiger partial charge < -0.3 is 9.63 Å². The Morgan fingerprint density at radius 3 is 3.06 bits per heavy atom. The van der Waals surface area contributed by atoms with Crippen LogP contribution in [-0.2, 0) is 11.2 Å². The van der Waals surface area contributed by atoms with Crippen LogP contribution in [0, 0.1) is 6.92 Å². The standard InChI is InChI=1S/C12H13N3O3/c1-8-5-6-13-9(7-8)12-14-10(18-15-12)3-2-4-11(16)17/h5-7H,2-4H2,1H3,(H,16,17). The smallest absolute Gasteiger partial charge is 0.303 e. The highest BCUT2D eigenvalue weighted by Gasteiger charge is 2.10. The molecule has 0 radical (unpaired) electrons. The van der Waals surface area contributed by atoms with Crippen LogP contribution in [0.2, 0.25) is 0 Å². The van der Waals surface area contributed by atoms with Crippen LogP contribution in [0.5, 0.6) is 0 Å². The van der Waals surface area contributed by atoms with Crippen LogP contribution in [-0.4, -0.2) is 26.2 Å². The highest BCUT2D eigenvalue weighted by molar-refractivity contribution is 5.66. The number of carboxylic acids is 1. The van der Waals surface area contributed by atoms with Crippen molar-refractivity contribution in [3.63, 3.8) is 0 Å². The molecule has 0 amide bonds. The minimum absolute atomic E-state index is 0.0976. The van der Waals surface area contributed by atoms with Gasteiger partial charge in [-0.25, -0.2) is 0 Å². The highest BCUT2D eigenvalue weighted by atomic mass is 16.5. The van der Waals surface area contributed by atoms with Gasteiger partial charge in [-0.05, 0) is 31.0 Å². The topological polar surface area (TPSA) is 89.1 Å². The Balaban J connectivity index is 2.04. The number of aromatic nitrogens is 3. The summed E-state index contributed by atoms with van der Waals surface area (Å²) in [5.41, 5.74) is 1.72. The fourth-order valence-corrected chi connectivity index (χ4v) is 1.51. The number of carboxylic acid groups (broad SMARTS) is 1. The number of nitrogens with zero attached hydrogens (tertiary/aromatic N) is 3. The fraction of sp³-hybridized carbons (Fsp3) is 0.333. The van der Waals surface area contributed by atoms with Crippen LogP contribution < -0.4 is 0 Å². The van der Waals surface area contributed by atoms with Crippen LogP contribution in [0.1, 0.15) is 24.3 Å². The number of rotatable bonds is 5. The van der Waals surface area contributed by atoms with Gasteiger partial charge >= 0.3 is 5.97 Å².